The van der Waals surface area contributed by atoms with Crippen molar-refractivity contribution in [2.75, 3.05) is 12.3 Å². The quantitative estimate of drug-likeness (QED) is 0.342. The van der Waals surface area contributed by atoms with Gasteiger partial charge in [-0.1, -0.05) is 0 Å². The van der Waals surface area contributed by atoms with E-state index in [1.165, 1.54) is 6.21 Å². The molecule has 7 N–H and O–H groups in total. The molecule has 1 fully saturated rings. The second kappa shape index (κ2) is 4.63. The number of H-pyrrole nitrogens is 1. The Morgan fingerprint density at radius 1 is 1.35 bits per heavy atom. The Kier molecular flexibility index (Phi) is 3.05. The number of hydrogen-bond acceptors (Lipinski definition) is 8. The molecule has 108 valence electrons. The van der Waals surface area contributed by atoms with E-state index in [9.17, 15) is 15.0 Å². The summed E-state index contributed by atoms with van der Waals surface area (Å²) in [7, 11) is 0. The highest BCUT2D eigenvalue weighted by Gasteiger charge is 2.46. The number of aromatic amines is 1. The van der Waals surface area contributed by atoms with Gasteiger partial charge in [0.2, 0.25) is 5.95 Å². The fourth-order valence-corrected chi connectivity index (χ4v) is 2.72. The van der Waals surface area contributed by atoms with E-state index in [1.54, 1.807) is 0 Å². The Labute approximate surface area is 113 Å². The van der Waals surface area contributed by atoms with Gasteiger partial charge in [-0.3, -0.25) is 14.8 Å². The number of aliphatic hydroxyl groups excluding tert-OH is 3. The summed E-state index contributed by atoms with van der Waals surface area (Å²) in [5.41, 5.74) is 5.58. The fourth-order valence-electron chi connectivity index (χ4n) is 2.72. The summed E-state index contributed by atoms with van der Waals surface area (Å²) in [6, 6.07) is -1.23. The molecule has 20 heavy (non-hydrogen) atoms. The number of anilines is 1. The van der Waals surface area contributed by atoms with E-state index >= 15 is 0 Å². The largest absolute Gasteiger partial charge is 0.395 e. The number of nitrogens with zero attached hydrogens (tertiary/aromatic N) is 2. The van der Waals surface area contributed by atoms with Gasteiger partial charge in [0, 0.05) is 12.3 Å². The summed E-state index contributed by atoms with van der Waals surface area (Å²) < 4.78 is 0. The molecule has 0 amide bonds. The van der Waals surface area contributed by atoms with E-state index in [0.717, 1.165) is 0 Å². The van der Waals surface area contributed by atoms with E-state index in [2.05, 4.69) is 20.3 Å². The molecule has 1 aromatic heterocycles. The molecule has 0 spiro atoms. The number of hydrogen-bond donors (Lipinski definition) is 6. The Hall–Kier alpha value is -1.81. The standard InChI is InChI=1S/C11H15N5O4/c12-11-15-5-3(1-13-7(5)10(20)16-11)6-9(19)8(18)4(2-17)14-6/h1,3-4,6,8-9,14,17-19H,2H2,(H3,12,15,16,20). The van der Waals surface area contributed by atoms with Crippen LogP contribution >= 0.6 is 0 Å². The minimum absolute atomic E-state index is 0.0315. The van der Waals surface area contributed by atoms with Crippen molar-refractivity contribution in [1.29, 1.82) is 0 Å². The van der Waals surface area contributed by atoms with Gasteiger partial charge in [-0.25, -0.2) is 4.98 Å². The van der Waals surface area contributed by atoms with Crippen molar-refractivity contribution in [3.63, 3.8) is 0 Å². The van der Waals surface area contributed by atoms with Gasteiger partial charge in [-0.15, -0.1) is 0 Å². The maximum atomic E-state index is 11.7. The summed E-state index contributed by atoms with van der Waals surface area (Å²) in [6.07, 6.45) is -0.710. The molecular weight excluding hydrogens is 266 g/mol. The summed E-state index contributed by atoms with van der Waals surface area (Å²) >= 11 is 0. The number of nitrogens with two attached hydrogens (primary N) is 1. The number of nitrogen functional groups attached to an aromatic ring is 1. The van der Waals surface area contributed by atoms with Crippen LogP contribution in [0, 0.1) is 0 Å². The SMILES string of the molecule is Nc1nc2c(c(=O)[nH]1)N=CC2C1NC(CO)C(O)C1O. The van der Waals surface area contributed by atoms with E-state index in [1.807, 2.05) is 0 Å². The lowest BCUT2D eigenvalue weighted by Gasteiger charge is -2.20. The predicted octanol–water partition coefficient (Wildman–Crippen LogP) is -2.79. The molecule has 9 nitrogen and oxygen atoms in total. The summed E-state index contributed by atoms with van der Waals surface area (Å²) in [4.78, 5) is 22.1. The number of fused-ring (bicyclic) bond motifs is 1. The molecular formula is C11H15N5O4. The maximum Gasteiger partial charge on any atom is 0.278 e. The highest BCUT2D eigenvalue weighted by molar-refractivity contribution is 5.80. The number of aromatic nitrogens is 2. The van der Waals surface area contributed by atoms with Crippen molar-refractivity contribution in [1.82, 2.24) is 15.3 Å². The van der Waals surface area contributed by atoms with Crippen molar-refractivity contribution in [3.8, 4) is 0 Å². The topological polar surface area (TPSA) is 157 Å². The molecule has 3 heterocycles. The van der Waals surface area contributed by atoms with Gasteiger partial charge in [0.15, 0.2) is 5.69 Å². The Bertz CT molecular complexity index is 615. The first-order valence-electron chi connectivity index (χ1n) is 6.20. The van der Waals surface area contributed by atoms with Crippen LogP contribution < -0.4 is 16.6 Å². The van der Waals surface area contributed by atoms with Gasteiger partial charge in [-0.2, -0.15) is 0 Å². The van der Waals surface area contributed by atoms with Crippen LogP contribution in [-0.2, 0) is 0 Å². The second-order valence-corrected chi connectivity index (χ2v) is 4.95. The zero-order valence-electron chi connectivity index (χ0n) is 10.4. The van der Waals surface area contributed by atoms with Gasteiger partial charge >= 0.3 is 0 Å². The minimum Gasteiger partial charge on any atom is -0.395 e. The van der Waals surface area contributed by atoms with Gasteiger partial charge in [0.05, 0.1) is 36.5 Å². The summed E-state index contributed by atoms with van der Waals surface area (Å²) in [5, 5.41) is 31.9. The van der Waals surface area contributed by atoms with Crippen LogP contribution in [0.15, 0.2) is 9.79 Å². The van der Waals surface area contributed by atoms with Crippen LogP contribution in [0.25, 0.3) is 0 Å². The smallest absolute Gasteiger partial charge is 0.278 e. The summed E-state index contributed by atoms with van der Waals surface area (Å²) in [6.45, 7) is -0.309. The first-order valence-corrected chi connectivity index (χ1v) is 6.20. The average molecular weight is 281 g/mol. The molecule has 0 radical (unpaired) electrons. The third-order valence-corrected chi connectivity index (χ3v) is 3.74. The van der Waals surface area contributed by atoms with Crippen molar-refractivity contribution in [3.05, 3.63) is 16.0 Å². The van der Waals surface area contributed by atoms with Crippen molar-refractivity contribution < 1.29 is 15.3 Å². The summed E-state index contributed by atoms with van der Waals surface area (Å²) in [5.74, 6) is -0.521. The molecule has 5 atom stereocenters. The van der Waals surface area contributed by atoms with Gasteiger partial charge in [0.25, 0.3) is 5.56 Å². The zero-order valence-corrected chi connectivity index (χ0v) is 10.4. The normalized spacial score (nSPS) is 35.5. The van der Waals surface area contributed by atoms with Gasteiger partial charge < -0.3 is 26.4 Å². The maximum absolute atomic E-state index is 11.7. The van der Waals surface area contributed by atoms with E-state index in [-0.39, 0.29) is 18.2 Å². The van der Waals surface area contributed by atoms with Gasteiger partial charge in [-0.05, 0) is 0 Å². The zero-order chi connectivity index (χ0) is 14.4. The van der Waals surface area contributed by atoms with Crippen LogP contribution in [0.4, 0.5) is 11.6 Å². The predicted molar refractivity (Wildman–Crippen MR) is 70.0 cm³/mol. The molecule has 0 aromatic carbocycles. The molecule has 1 saturated heterocycles. The Morgan fingerprint density at radius 3 is 2.75 bits per heavy atom. The highest BCUT2D eigenvalue weighted by Crippen LogP contribution is 2.34. The number of rotatable bonds is 2. The molecule has 9 heteroatoms. The van der Waals surface area contributed by atoms with Crippen molar-refractivity contribution >= 4 is 17.9 Å². The lowest BCUT2D eigenvalue weighted by molar-refractivity contribution is 0.0189. The Balaban J connectivity index is 1.96. The monoisotopic (exact) mass is 281 g/mol. The molecule has 0 saturated carbocycles. The molecule has 2 aliphatic heterocycles. The lowest BCUT2D eigenvalue weighted by atomic mass is 9.94. The van der Waals surface area contributed by atoms with E-state index < -0.39 is 35.8 Å². The van der Waals surface area contributed by atoms with Crippen molar-refractivity contribution in [2.45, 2.75) is 30.2 Å². The van der Waals surface area contributed by atoms with Crippen LogP contribution in [0.3, 0.4) is 0 Å². The van der Waals surface area contributed by atoms with Crippen LogP contribution in [0.1, 0.15) is 11.6 Å². The molecule has 0 aliphatic carbocycles. The van der Waals surface area contributed by atoms with E-state index in [0.29, 0.717) is 5.69 Å². The number of nitrogens with one attached hydrogen (secondary N) is 2. The first-order chi connectivity index (χ1) is 9.52. The minimum atomic E-state index is -1.10. The third-order valence-electron chi connectivity index (χ3n) is 3.74. The van der Waals surface area contributed by atoms with Crippen LogP contribution in [0.2, 0.25) is 0 Å². The first kappa shape index (κ1) is 13.2. The fraction of sp³-hybridized carbons (Fsp3) is 0.545. The van der Waals surface area contributed by atoms with Crippen LogP contribution in [0.5, 0.6) is 0 Å². The molecule has 3 rings (SSSR count). The van der Waals surface area contributed by atoms with E-state index in [4.69, 9.17) is 10.8 Å². The lowest BCUT2D eigenvalue weighted by Crippen LogP contribution is -2.40. The van der Waals surface area contributed by atoms with Crippen LogP contribution in [-0.4, -0.2) is 62.4 Å². The number of aliphatic hydroxyl groups is 3. The Morgan fingerprint density at radius 2 is 2.10 bits per heavy atom. The molecule has 2 aliphatic rings. The van der Waals surface area contributed by atoms with Gasteiger partial charge in [0.1, 0.15) is 0 Å². The molecule has 1 aromatic rings. The highest BCUT2D eigenvalue weighted by atomic mass is 16.3. The molecule has 0 bridgehead atoms. The number of aliphatic imine (C=N–C) groups is 1. The second-order valence-electron chi connectivity index (χ2n) is 4.95. The third kappa shape index (κ3) is 1.83. The average Bonchev–Trinajstić information content (AvgIpc) is 2.93. The molecule has 5 unspecified atom stereocenters. The van der Waals surface area contributed by atoms with Crippen molar-refractivity contribution in [2.24, 2.45) is 4.99 Å².